The summed E-state index contributed by atoms with van der Waals surface area (Å²) in [7, 11) is 0. The maximum atomic E-state index is 11.8. The van der Waals surface area contributed by atoms with Gasteiger partial charge in [0.1, 0.15) is 0 Å². The van der Waals surface area contributed by atoms with E-state index in [-0.39, 0.29) is 11.1 Å². The number of anilines is 1. The second kappa shape index (κ2) is 6.29. The van der Waals surface area contributed by atoms with Gasteiger partial charge >= 0.3 is 0 Å². The second-order valence-corrected chi connectivity index (χ2v) is 4.53. The smallest absolute Gasteiger partial charge is 0.225 e. The fourth-order valence-electron chi connectivity index (χ4n) is 1.74. The summed E-state index contributed by atoms with van der Waals surface area (Å²) in [4.78, 5) is 19.6. The highest BCUT2D eigenvalue weighted by Gasteiger charge is 2.08. The van der Waals surface area contributed by atoms with E-state index in [1.54, 1.807) is 0 Å². The molecular formula is C14H14ClN3O. The fourth-order valence-corrected chi connectivity index (χ4v) is 1.89. The van der Waals surface area contributed by atoms with Crippen LogP contribution in [-0.4, -0.2) is 15.9 Å². The number of halogens is 1. The third-order valence-electron chi connectivity index (χ3n) is 2.79. The van der Waals surface area contributed by atoms with E-state index in [0.717, 1.165) is 0 Å². The molecule has 0 bridgehead atoms. The Morgan fingerprint density at radius 3 is 2.74 bits per heavy atom. The van der Waals surface area contributed by atoms with Crippen molar-refractivity contribution in [2.75, 3.05) is 5.32 Å². The molecule has 0 aliphatic rings. The van der Waals surface area contributed by atoms with E-state index in [9.17, 15) is 4.79 Å². The molecular weight excluding hydrogens is 262 g/mol. The topological polar surface area (TPSA) is 54.9 Å². The lowest BCUT2D eigenvalue weighted by atomic mass is 10.0. The quantitative estimate of drug-likeness (QED) is 0.933. The zero-order chi connectivity index (χ0) is 13.7. The second-order valence-electron chi connectivity index (χ2n) is 4.17. The molecule has 1 aromatic carbocycles. The highest BCUT2D eigenvalue weighted by Crippen LogP contribution is 2.15. The predicted molar refractivity (Wildman–Crippen MR) is 75.2 cm³/mol. The van der Waals surface area contributed by atoms with Crippen LogP contribution in [-0.2, 0) is 11.2 Å². The molecule has 19 heavy (non-hydrogen) atoms. The van der Waals surface area contributed by atoms with Crippen LogP contribution < -0.4 is 5.32 Å². The number of hydrogen-bond acceptors (Lipinski definition) is 3. The molecule has 0 aliphatic heterocycles. The molecule has 1 aromatic heterocycles. The molecule has 0 fully saturated rings. The van der Waals surface area contributed by atoms with E-state index in [4.69, 9.17) is 11.6 Å². The summed E-state index contributed by atoms with van der Waals surface area (Å²) in [5.74, 6) is 0.185. The minimum Gasteiger partial charge on any atom is -0.308 e. The molecule has 2 aromatic rings. The first kappa shape index (κ1) is 13.5. The van der Waals surface area contributed by atoms with Crippen LogP contribution in [0.15, 0.2) is 36.7 Å². The van der Waals surface area contributed by atoms with Gasteiger partial charge < -0.3 is 5.32 Å². The van der Waals surface area contributed by atoms with Crippen molar-refractivity contribution in [3.8, 4) is 0 Å². The van der Waals surface area contributed by atoms with Crippen LogP contribution in [0.25, 0.3) is 0 Å². The molecule has 4 nitrogen and oxygen atoms in total. The summed E-state index contributed by atoms with van der Waals surface area (Å²) in [5, 5.41) is 2.86. The van der Waals surface area contributed by atoms with Crippen LogP contribution in [0.1, 0.15) is 17.5 Å². The number of aryl methyl sites for hydroxylation is 2. The number of aromatic nitrogens is 2. The summed E-state index contributed by atoms with van der Waals surface area (Å²) in [6.07, 6.45) is 4.04. The molecule has 0 atom stereocenters. The standard InChI is InChI=1S/C14H14ClN3O/c1-10-4-2-3-5-11(10)6-7-12(19)18-14-13(15)16-8-9-17-14/h2-5,8-9H,6-7H2,1H3,(H,17,18,19). The van der Waals surface area contributed by atoms with Gasteiger partial charge in [0.15, 0.2) is 11.0 Å². The highest BCUT2D eigenvalue weighted by molar-refractivity contribution is 6.32. The van der Waals surface area contributed by atoms with Gasteiger partial charge in [-0.1, -0.05) is 35.9 Å². The largest absolute Gasteiger partial charge is 0.308 e. The molecule has 0 radical (unpaired) electrons. The van der Waals surface area contributed by atoms with Crippen molar-refractivity contribution >= 4 is 23.3 Å². The van der Waals surface area contributed by atoms with Gasteiger partial charge in [-0.15, -0.1) is 0 Å². The summed E-state index contributed by atoms with van der Waals surface area (Å²) in [6.45, 7) is 2.03. The van der Waals surface area contributed by atoms with Gasteiger partial charge in [0.2, 0.25) is 5.91 Å². The fraction of sp³-hybridized carbons (Fsp3) is 0.214. The van der Waals surface area contributed by atoms with Crippen LogP contribution in [0, 0.1) is 6.92 Å². The number of nitrogens with zero attached hydrogens (tertiary/aromatic N) is 2. The first-order valence-corrected chi connectivity index (χ1v) is 6.35. The molecule has 0 saturated carbocycles. The van der Waals surface area contributed by atoms with Crippen molar-refractivity contribution in [2.45, 2.75) is 19.8 Å². The lowest BCUT2D eigenvalue weighted by Gasteiger charge is -2.07. The number of nitrogens with one attached hydrogen (secondary N) is 1. The van der Waals surface area contributed by atoms with E-state index in [1.165, 1.54) is 23.5 Å². The minimum absolute atomic E-state index is 0.120. The minimum atomic E-state index is -0.120. The van der Waals surface area contributed by atoms with E-state index in [1.807, 2.05) is 31.2 Å². The maximum Gasteiger partial charge on any atom is 0.225 e. The van der Waals surface area contributed by atoms with Crippen LogP contribution >= 0.6 is 11.6 Å². The molecule has 98 valence electrons. The zero-order valence-corrected chi connectivity index (χ0v) is 11.3. The van der Waals surface area contributed by atoms with Crippen LogP contribution in [0.4, 0.5) is 5.82 Å². The van der Waals surface area contributed by atoms with Crippen molar-refractivity contribution in [1.29, 1.82) is 0 Å². The van der Waals surface area contributed by atoms with E-state index < -0.39 is 0 Å². The van der Waals surface area contributed by atoms with Crippen molar-refractivity contribution in [3.05, 3.63) is 52.9 Å². The molecule has 5 heteroatoms. The number of benzene rings is 1. The first-order valence-electron chi connectivity index (χ1n) is 5.97. The van der Waals surface area contributed by atoms with Gasteiger partial charge in [-0.05, 0) is 24.5 Å². The summed E-state index contributed by atoms with van der Waals surface area (Å²) in [6, 6.07) is 8.02. The van der Waals surface area contributed by atoms with E-state index in [0.29, 0.717) is 18.7 Å². The van der Waals surface area contributed by atoms with Crippen molar-refractivity contribution in [1.82, 2.24) is 9.97 Å². The van der Waals surface area contributed by atoms with Crippen molar-refractivity contribution in [3.63, 3.8) is 0 Å². The Hall–Kier alpha value is -1.94. The van der Waals surface area contributed by atoms with Crippen molar-refractivity contribution < 1.29 is 4.79 Å². The van der Waals surface area contributed by atoms with Crippen LogP contribution in [0.3, 0.4) is 0 Å². The number of amides is 1. The average Bonchev–Trinajstić information content (AvgIpc) is 2.40. The molecule has 2 rings (SSSR count). The number of carbonyl (C=O) groups is 1. The maximum absolute atomic E-state index is 11.8. The molecule has 1 N–H and O–H groups in total. The van der Waals surface area contributed by atoms with Crippen LogP contribution in [0.2, 0.25) is 5.15 Å². The molecule has 0 aliphatic carbocycles. The summed E-state index contributed by atoms with van der Waals surface area (Å²) >= 11 is 5.82. The van der Waals surface area contributed by atoms with Gasteiger partial charge in [-0.2, -0.15) is 0 Å². The molecule has 0 spiro atoms. The summed E-state index contributed by atoms with van der Waals surface area (Å²) < 4.78 is 0. The molecule has 0 saturated heterocycles. The third-order valence-corrected chi connectivity index (χ3v) is 3.07. The zero-order valence-electron chi connectivity index (χ0n) is 10.6. The Balaban J connectivity index is 1.92. The van der Waals surface area contributed by atoms with E-state index in [2.05, 4.69) is 15.3 Å². The number of carbonyl (C=O) groups excluding carboxylic acids is 1. The van der Waals surface area contributed by atoms with E-state index >= 15 is 0 Å². The monoisotopic (exact) mass is 275 g/mol. The van der Waals surface area contributed by atoms with Gasteiger partial charge in [0, 0.05) is 18.8 Å². The molecule has 0 unspecified atom stereocenters. The summed E-state index contributed by atoms with van der Waals surface area (Å²) in [5.41, 5.74) is 2.36. The lowest BCUT2D eigenvalue weighted by molar-refractivity contribution is -0.116. The Bertz CT molecular complexity index is 586. The Labute approximate surface area is 116 Å². The Morgan fingerprint density at radius 1 is 1.26 bits per heavy atom. The Kier molecular flexibility index (Phi) is 4.47. The van der Waals surface area contributed by atoms with Gasteiger partial charge in [-0.3, -0.25) is 4.79 Å². The average molecular weight is 276 g/mol. The van der Waals surface area contributed by atoms with Gasteiger partial charge in [0.05, 0.1) is 0 Å². The highest BCUT2D eigenvalue weighted by atomic mass is 35.5. The Morgan fingerprint density at radius 2 is 2.00 bits per heavy atom. The van der Waals surface area contributed by atoms with Crippen molar-refractivity contribution in [2.24, 2.45) is 0 Å². The molecule has 1 heterocycles. The SMILES string of the molecule is Cc1ccccc1CCC(=O)Nc1nccnc1Cl. The first-order chi connectivity index (χ1) is 9.16. The third kappa shape index (κ3) is 3.76. The normalized spacial score (nSPS) is 10.2. The lowest BCUT2D eigenvalue weighted by Crippen LogP contribution is -2.14. The number of rotatable bonds is 4. The van der Waals surface area contributed by atoms with Gasteiger partial charge in [-0.25, -0.2) is 9.97 Å². The van der Waals surface area contributed by atoms with Crippen LogP contribution in [0.5, 0.6) is 0 Å². The molecule has 1 amide bonds. The predicted octanol–water partition coefficient (Wildman–Crippen LogP) is 3.01. The van der Waals surface area contributed by atoms with Gasteiger partial charge in [0.25, 0.3) is 0 Å². The number of hydrogen-bond donors (Lipinski definition) is 1.